The number of hydrogen-bond donors (Lipinski definition) is 3. The van der Waals surface area contributed by atoms with Crippen molar-refractivity contribution >= 4 is 21.8 Å². The Balaban J connectivity index is 1.89. The molecule has 1 aromatic carbocycles. The van der Waals surface area contributed by atoms with E-state index in [4.69, 9.17) is 5.14 Å². The first-order valence-electron chi connectivity index (χ1n) is 10.8. The summed E-state index contributed by atoms with van der Waals surface area (Å²) in [4.78, 5) is 25.5. The van der Waals surface area contributed by atoms with Gasteiger partial charge in [0.1, 0.15) is 6.04 Å². The minimum atomic E-state index is -3.71. The Morgan fingerprint density at radius 3 is 2.27 bits per heavy atom. The summed E-state index contributed by atoms with van der Waals surface area (Å²) in [7, 11) is -3.71. The minimum absolute atomic E-state index is 0.00195. The predicted octanol–water partition coefficient (Wildman–Crippen LogP) is 2.35. The lowest BCUT2D eigenvalue weighted by Crippen LogP contribution is -2.52. The molecule has 1 saturated carbocycles. The molecule has 1 aliphatic rings. The second-order valence-corrected chi connectivity index (χ2v) is 10.1. The maximum atomic E-state index is 12.8. The highest BCUT2D eigenvalue weighted by Gasteiger charge is 2.30. The first kappa shape index (κ1) is 24.3. The van der Waals surface area contributed by atoms with Gasteiger partial charge in [-0.05, 0) is 61.6 Å². The fourth-order valence-corrected chi connectivity index (χ4v) is 4.30. The second-order valence-electron chi connectivity index (χ2n) is 8.56. The van der Waals surface area contributed by atoms with Gasteiger partial charge in [0.25, 0.3) is 0 Å². The van der Waals surface area contributed by atoms with Gasteiger partial charge in [0.2, 0.25) is 21.8 Å². The Bertz CT molecular complexity index is 815. The molecule has 0 spiro atoms. The molecule has 168 valence electrons. The van der Waals surface area contributed by atoms with Gasteiger partial charge in [0.05, 0.1) is 4.90 Å². The quantitative estimate of drug-likeness (QED) is 0.549. The lowest BCUT2D eigenvalue weighted by molar-refractivity contribution is -0.133. The molecule has 7 nitrogen and oxygen atoms in total. The highest BCUT2D eigenvalue weighted by atomic mass is 32.2. The van der Waals surface area contributed by atoms with E-state index < -0.39 is 16.1 Å². The maximum Gasteiger partial charge on any atom is 0.242 e. The van der Waals surface area contributed by atoms with E-state index in [0.29, 0.717) is 18.9 Å². The van der Waals surface area contributed by atoms with Crippen LogP contribution in [-0.2, 0) is 26.0 Å². The van der Waals surface area contributed by atoms with Gasteiger partial charge in [-0.1, -0.05) is 39.3 Å². The summed E-state index contributed by atoms with van der Waals surface area (Å²) in [6.07, 6.45) is 5.23. The van der Waals surface area contributed by atoms with E-state index in [-0.39, 0.29) is 28.5 Å². The molecule has 0 saturated heterocycles. The highest BCUT2D eigenvalue weighted by Crippen LogP contribution is 2.28. The van der Waals surface area contributed by atoms with Crippen molar-refractivity contribution in [2.45, 2.75) is 70.2 Å². The van der Waals surface area contributed by atoms with E-state index in [0.717, 1.165) is 37.7 Å². The molecule has 0 aliphatic heterocycles. The minimum Gasteiger partial charge on any atom is -0.354 e. The van der Waals surface area contributed by atoms with E-state index in [1.165, 1.54) is 12.1 Å². The third-order valence-corrected chi connectivity index (χ3v) is 7.07. The fraction of sp³-hybridized carbons (Fsp3) is 0.636. The molecule has 4 N–H and O–H groups in total. The molecule has 0 bridgehead atoms. The zero-order valence-electron chi connectivity index (χ0n) is 18.2. The molecule has 8 heteroatoms. The number of nitrogens with two attached hydrogens (primary N) is 1. The van der Waals surface area contributed by atoms with Crippen LogP contribution in [0.15, 0.2) is 29.2 Å². The van der Waals surface area contributed by atoms with Gasteiger partial charge in [0.15, 0.2) is 0 Å². The second kappa shape index (κ2) is 10.9. The van der Waals surface area contributed by atoms with Gasteiger partial charge >= 0.3 is 0 Å². The summed E-state index contributed by atoms with van der Waals surface area (Å²) in [5, 5.41) is 11.0. The molecular weight excluding hydrogens is 402 g/mol. The van der Waals surface area contributed by atoms with E-state index in [9.17, 15) is 18.0 Å². The Labute approximate surface area is 180 Å². The van der Waals surface area contributed by atoms with Crippen molar-refractivity contribution in [3.8, 4) is 0 Å². The summed E-state index contributed by atoms with van der Waals surface area (Å²) >= 11 is 0. The van der Waals surface area contributed by atoms with E-state index in [1.54, 1.807) is 12.1 Å². The normalized spacial score (nSPS) is 21.5. The molecule has 1 aliphatic carbocycles. The van der Waals surface area contributed by atoms with Gasteiger partial charge in [-0.3, -0.25) is 9.59 Å². The molecule has 2 atom stereocenters. The van der Waals surface area contributed by atoms with Crippen LogP contribution < -0.4 is 15.8 Å². The molecule has 2 rings (SSSR count). The standard InChI is InChI=1S/C22H35N3O4S/c1-4-16(3)20(25-21(26)18-9-5-15(2)6-10-18)22(27)24-14-13-17-7-11-19(12-8-17)30(23,28)29/h7-8,11-12,15-16,18,20H,4-6,9-10,13-14H2,1-3H3,(H,24,27)(H,25,26)(H2,23,28,29)/t15?,16-,18?,20-/m1/s1. The van der Waals surface area contributed by atoms with Crippen LogP contribution in [0.5, 0.6) is 0 Å². The smallest absolute Gasteiger partial charge is 0.242 e. The molecular formula is C22H35N3O4S. The summed E-state index contributed by atoms with van der Waals surface area (Å²) < 4.78 is 22.6. The molecule has 1 fully saturated rings. The van der Waals surface area contributed by atoms with Gasteiger partial charge < -0.3 is 10.6 Å². The van der Waals surface area contributed by atoms with Gasteiger partial charge in [0, 0.05) is 12.5 Å². The molecule has 30 heavy (non-hydrogen) atoms. The van der Waals surface area contributed by atoms with Crippen molar-refractivity contribution in [1.82, 2.24) is 10.6 Å². The zero-order chi connectivity index (χ0) is 22.3. The number of rotatable bonds is 9. The zero-order valence-corrected chi connectivity index (χ0v) is 19.0. The van der Waals surface area contributed by atoms with Gasteiger partial charge in [-0.15, -0.1) is 0 Å². The van der Waals surface area contributed by atoms with E-state index >= 15 is 0 Å². The SMILES string of the molecule is CC[C@@H](C)[C@@H](NC(=O)C1CCC(C)CC1)C(=O)NCCc1ccc(S(N)(=O)=O)cc1. The monoisotopic (exact) mass is 437 g/mol. The largest absolute Gasteiger partial charge is 0.354 e. The van der Waals surface area contributed by atoms with E-state index in [2.05, 4.69) is 17.6 Å². The average Bonchev–Trinajstić information content (AvgIpc) is 2.71. The average molecular weight is 438 g/mol. The van der Waals surface area contributed by atoms with Crippen molar-refractivity contribution in [3.63, 3.8) is 0 Å². The number of nitrogens with one attached hydrogen (secondary N) is 2. The van der Waals surface area contributed by atoms with Crippen LogP contribution in [0, 0.1) is 17.8 Å². The molecule has 2 amide bonds. The number of carbonyl (C=O) groups is 2. The number of benzene rings is 1. The van der Waals surface area contributed by atoms with Crippen LogP contribution >= 0.6 is 0 Å². The summed E-state index contributed by atoms with van der Waals surface area (Å²) in [5.41, 5.74) is 0.892. The number of amides is 2. The topological polar surface area (TPSA) is 118 Å². The number of primary sulfonamides is 1. The van der Waals surface area contributed by atoms with Crippen LogP contribution in [-0.4, -0.2) is 32.8 Å². The van der Waals surface area contributed by atoms with E-state index in [1.807, 2.05) is 13.8 Å². The molecule has 0 unspecified atom stereocenters. The fourth-order valence-electron chi connectivity index (χ4n) is 3.78. The lowest BCUT2D eigenvalue weighted by Gasteiger charge is -2.29. The van der Waals surface area contributed by atoms with Crippen molar-refractivity contribution < 1.29 is 18.0 Å². The molecule has 0 radical (unpaired) electrons. The van der Waals surface area contributed by atoms with Crippen LogP contribution in [0.1, 0.15) is 58.4 Å². The van der Waals surface area contributed by atoms with Crippen LogP contribution in [0.2, 0.25) is 0 Å². The van der Waals surface area contributed by atoms with Crippen molar-refractivity contribution in [1.29, 1.82) is 0 Å². The Hall–Kier alpha value is -1.93. The summed E-state index contributed by atoms with van der Waals surface area (Å²) in [6.45, 7) is 6.59. The predicted molar refractivity (Wildman–Crippen MR) is 117 cm³/mol. The molecule has 1 aromatic rings. The Morgan fingerprint density at radius 1 is 1.13 bits per heavy atom. The number of hydrogen-bond acceptors (Lipinski definition) is 4. The Morgan fingerprint density at radius 2 is 1.73 bits per heavy atom. The molecule has 0 heterocycles. The third-order valence-electron chi connectivity index (χ3n) is 6.14. The van der Waals surface area contributed by atoms with Gasteiger partial charge in [-0.25, -0.2) is 13.6 Å². The third kappa shape index (κ3) is 7.09. The van der Waals surface area contributed by atoms with Crippen LogP contribution in [0.4, 0.5) is 0 Å². The Kier molecular flexibility index (Phi) is 8.85. The maximum absolute atomic E-state index is 12.8. The number of sulfonamides is 1. The van der Waals surface area contributed by atoms with Crippen LogP contribution in [0.25, 0.3) is 0 Å². The first-order valence-corrected chi connectivity index (χ1v) is 12.4. The lowest BCUT2D eigenvalue weighted by atomic mass is 9.82. The molecule has 0 aromatic heterocycles. The number of carbonyl (C=O) groups excluding carboxylic acids is 2. The van der Waals surface area contributed by atoms with Gasteiger partial charge in [-0.2, -0.15) is 0 Å². The first-order chi connectivity index (χ1) is 14.1. The summed E-state index contributed by atoms with van der Waals surface area (Å²) in [5.74, 6) is 0.508. The van der Waals surface area contributed by atoms with Crippen LogP contribution in [0.3, 0.4) is 0 Å². The summed E-state index contributed by atoms with van der Waals surface area (Å²) in [6, 6.07) is 5.74. The van der Waals surface area contributed by atoms with Crippen molar-refractivity contribution in [2.75, 3.05) is 6.54 Å². The van der Waals surface area contributed by atoms with Crippen molar-refractivity contribution in [2.24, 2.45) is 22.9 Å². The highest BCUT2D eigenvalue weighted by molar-refractivity contribution is 7.89. The van der Waals surface area contributed by atoms with Crippen molar-refractivity contribution in [3.05, 3.63) is 29.8 Å².